The zero-order valence-electron chi connectivity index (χ0n) is 81.7. The van der Waals surface area contributed by atoms with E-state index in [4.69, 9.17) is 5.73 Å². The second-order valence-electron chi connectivity index (χ2n) is 37.0. The van der Waals surface area contributed by atoms with Crippen molar-refractivity contribution in [2.24, 2.45) is 0 Å². The maximum absolute atomic E-state index is 13.4. The number of fused-ring (bicyclic) bond motifs is 10. The zero-order valence-corrected chi connectivity index (χ0v) is 86.6. The molecule has 0 amide bonds. The van der Waals surface area contributed by atoms with Crippen LogP contribution in [-0.2, 0) is 106 Å². The largest absolute Gasteiger partial charge is 0.508 e. The summed E-state index contributed by atoms with van der Waals surface area (Å²) in [6.07, 6.45) is 5.55. The minimum Gasteiger partial charge on any atom is -0.508 e. The van der Waals surface area contributed by atoms with Crippen molar-refractivity contribution < 1.29 is 112 Å². The number of sulfonamides is 5. The molecule has 15 aromatic rings. The first-order valence-electron chi connectivity index (χ1n) is 46.8. The number of benzene rings is 15. The average molecular weight is 2140 g/mol. The monoisotopic (exact) mass is 2140 g/mol. The van der Waals surface area contributed by atoms with Crippen LogP contribution >= 0.6 is 0 Å². The van der Waals surface area contributed by atoms with Gasteiger partial charge < -0.3 is 61.9 Å². The van der Waals surface area contributed by atoms with Crippen molar-refractivity contribution in [3.05, 3.63) is 442 Å². The van der Waals surface area contributed by atoms with E-state index in [1.165, 1.54) is 148 Å². The molecule has 7 aliphatic rings. The zero-order chi connectivity index (χ0) is 108. The number of nitrogen functional groups attached to an aromatic ring is 1. The quantitative estimate of drug-likeness (QED) is 0.0149. The van der Waals surface area contributed by atoms with Gasteiger partial charge in [0.2, 0.25) is 40.1 Å². The third-order valence-corrected chi connectivity index (χ3v) is 36.8. The minimum absolute atomic E-state index is 0.0203. The fourth-order valence-electron chi connectivity index (χ4n) is 19.1. The molecule has 0 saturated heterocycles. The van der Waals surface area contributed by atoms with Gasteiger partial charge in [-0.1, -0.05) is 194 Å². The molecule has 33 nitrogen and oxygen atoms in total. The molecule has 2 bridgehead atoms. The lowest BCUT2D eigenvalue weighted by atomic mass is 9.97. The van der Waals surface area contributed by atoms with Gasteiger partial charge in [0.15, 0.2) is 14.7 Å². The van der Waals surface area contributed by atoms with E-state index in [0.29, 0.717) is 67.8 Å². The van der Waals surface area contributed by atoms with E-state index in [2.05, 4.69) is 41.7 Å². The summed E-state index contributed by atoms with van der Waals surface area (Å²) in [4.78, 5) is 9.54. The van der Waals surface area contributed by atoms with Crippen LogP contribution in [0.3, 0.4) is 0 Å². The third kappa shape index (κ3) is 22.0. The second kappa shape index (κ2) is 43.0. The van der Waals surface area contributed by atoms with Crippen molar-refractivity contribution in [1.82, 2.24) is 26.8 Å². The number of hydrogen-bond donors (Lipinski definition) is 13. The highest BCUT2D eigenvalue weighted by atomic mass is 32.2. The molecule has 0 aromatic heterocycles. The summed E-state index contributed by atoms with van der Waals surface area (Å²) >= 11 is 0. The van der Waals surface area contributed by atoms with Crippen LogP contribution in [0.25, 0.3) is 0 Å². The van der Waals surface area contributed by atoms with Crippen molar-refractivity contribution in [3.63, 3.8) is 0 Å². The van der Waals surface area contributed by atoms with Gasteiger partial charge in [-0.05, 0) is 245 Å². The van der Waals surface area contributed by atoms with Gasteiger partial charge in [0, 0.05) is 92.1 Å². The molecule has 0 spiro atoms. The number of nitro benzene ring substituents is 1. The Morgan fingerprint density at radius 1 is 0.293 bits per heavy atom. The van der Waals surface area contributed by atoms with Crippen LogP contribution in [-0.4, -0.2) is 139 Å². The molecular weight excluding hydrogens is 2040 g/mol. The molecule has 0 fully saturated rings. The molecular formula is C111H106N8O25S6. The van der Waals surface area contributed by atoms with Crippen LogP contribution in [0.15, 0.2) is 345 Å². The molecule has 22 rings (SSSR count). The lowest BCUT2D eigenvalue weighted by Crippen LogP contribution is -2.30. The molecule has 776 valence electrons. The molecule has 5 atom stereocenters. The molecule has 5 unspecified atom stereocenters. The van der Waals surface area contributed by atoms with Crippen LogP contribution in [0.1, 0.15) is 147 Å². The number of aryl methyl sites for hydroxylation is 6. The standard InChI is InChI=1S/2C21H19NO5S.C21H19NO4S.C15H14N2O5S.C15H16N2O3S.C10H9N.C8H10O3S/c1-13-7-10-19(18(25)11-13)28(26,27)22-12-15-16(23)8-9-17(24)20(15)21(22)14-5-3-2-4-6-14;1-13-7-8-19(17(24)9-13)28(26,27)22-12-15-10-16(23)11-18(25)20(15)21(22)14-5-3-2-4-6-14;1-14-10-11-19(18(24)12-14)27(25,26)22-13-16-8-5-9-17(23)20(16)21(22)15-6-3-2-4-7-15;1-10-2-5-15(14(6-10)17(19)20)23(21,22)16-8-11-3-4-13(18)7-12(11)9-16;1-10-5-6-15(14(18)7-10)21(19,20)17-8-11-3-2-4-13(16)12(11)9-17;1-2-4-8-7(3-1)9-5-6-10(8)11-9;1-6-3-4-8(7(9)5-6)12(2,10)11/h2*2-11,21,23-25H,12H2,1H3;2-12,21,23-24H,13H2,1H3;2-7,18H,8-9H2,1H3;2-7,18H,8-9,16H2,1H3;1-6,9-11H;3-5,9H,1-2H3. The molecule has 0 aliphatic carbocycles. The van der Waals surface area contributed by atoms with Crippen LogP contribution in [0.2, 0.25) is 0 Å². The fraction of sp³-hybridized carbons (Fsp3) is 0.171. The first-order valence-corrected chi connectivity index (χ1v) is 55.9. The SMILES string of the molecule is C1=CC2NC1c1ccccc12.Cc1ccc(S(=O)(=O)N2Cc3c(O)ccc(O)c3C2c2ccccc2)c(O)c1.Cc1ccc(S(=O)(=O)N2Cc3cc(O)cc(O)c3C2c2ccccc2)c(O)c1.Cc1ccc(S(=O)(=O)N2Cc3ccc(O)cc3C2)c([N+](=O)[O-])c1.Cc1ccc(S(=O)(=O)N2Cc3cccc(N)c3C2)c(O)c1.Cc1ccc(S(=O)(=O)N2Cc3cccc(O)c3C2c2ccccc2)c(O)c1.Cc1ccc(S(C)(=O)=O)c(O)c1. The van der Waals surface area contributed by atoms with E-state index in [0.717, 1.165) is 61.9 Å². The van der Waals surface area contributed by atoms with E-state index in [1.54, 1.807) is 145 Å². The maximum atomic E-state index is 13.4. The number of nitro groups is 1. The Hall–Kier alpha value is -15.5. The van der Waals surface area contributed by atoms with Gasteiger partial charge in [0.1, 0.15) is 87.7 Å². The van der Waals surface area contributed by atoms with Crippen molar-refractivity contribution in [3.8, 4) is 63.2 Å². The normalized spacial score (nSPS) is 16.9. The lowest BCUT2D eigenvalue weighted by molar-refractivity contribution is -0.387. The first kappa shape index (κ1) is 107. The number of sulfone groups is 1. The third-order valence-electron chi connectivity index (χ3n) is 26.4. The van der Waals surface area contributed by atoms with Gasteiger partial charge in [-0.3, -0.25) is 15.4 Å². The molecule has 0 saturated carbocycles. The van der Waals surface area contributed by atoms with Crippen molar-refractivity contribution in [2.75, 3.05) is 12.0 Å². The predicted molar refractivity (Wildman–Crippen MR) is 562 cm³/mol. The van der Waals surface area contributed by atoms with Crippen LogP contribution < -0.4 is 11.1 Å². The molecule has 14 N–H and O–H groups in total. The van der Waals surface area contributed by atoms with Gasteiger partial charge >= 0.3 is 0 Å². The van der Waals surface area contributed by atoms with E-state index in [1.807, 2.05) is 60.7 Å². The Balaban J connectivity index is 0.000000127. The highest BCUT2D eigenvalue weighted by molar-refractivity contribution is 7.91. The molecule has 15 aromatic carbocycles. The number of nitrogens with one attached hydrogen (secondary N) is 1. The minimum atomic E-state index is -4.12. The number of anilines is 1. The number of phenols is 11. The molecule has 0 radical (unpaired) electrons. The van der Waals surface area contributed by atoms with Gasteiger partial charge in [-0.15, -0.1) is 0 Å². The first-order chi connectivity index (χ1) is 71.0. The Labute approximate surface area is 868 Å². The van der Waals surface area contributed by atoms with Crippen molar-refractivity contribution in [1.29, 1.82) is 0 Å². The molecule has 7 heterocycles. The summed E-state index contributed by atoms with van der Waals surface area (Å²) in [6.45, 7) is 11.2. The number of rotatable bonds is 15. The van der Waals surface area contributed by atoms with Crippen molar-refractivity contribution >= 4 is 71.3 Å². The summed E-state index contributed by atoms with van der Waals surface area (Å²) in [5, 5.41) is 126. The average Bonchev–Trinajstić information content (AvgIpc) is 1.57. The summed E-state index contributed by atoms with van der Waals surface area (Å²) in [7, 11) is -23.3. The number of phenolic OH excluding ortho intramolecular Hbond substituents is 11. The Kier molecular flexibility index (Phi) is 30.7. The number of nitrogens with two attached hydrogens (primary N) is 1. The Morgan fingerprint density at radius 2 is 0.653 bits per heavy atom. The van der Waals surface area contributed by atoms with Crippen LogP contribution in [0, 0.1) is 51.7 Å². The number of nitrogens with zero attached hydrogens (tertiary/aromatic N) is 6. The summed E-state index contributed by atoms with van der Waals surface area (Å²) < 4.78 is 160. The topological polar surface area (TPSA) is 525 Å². The highest BCUT2D eigenvalue weighted by Crippen LogP contribution is 2.53. The predicted octanol–water partition coefficient (Wildman–Crippen LogP) is 17.9. The van der Waals surface area contributed by atoms with E-state index in [-0.39, 0.29) is 138 Å². The Bertz CT molecular complexity index is 8540. The highest BCUT2D eigenvalue weighted by Gasteiger charge is 2.48. The van der Waals surface area contributed by atoms with Crippen LogP contribution in [0.4, 0.5) is 11.4 Å². The van der Waals surface area contributed by atoms with Gasteiger partial charge in [0.25, 0.3) is 15.7 Å². The summed E-state index contributed by atoms with van der Waals surface area (Å²) in [6, 6.07) is 81.3. The van der Waals surface area contributed by atoms with E-state index < -0.39 is 88.7 Å². The Morgan fingerprint density at radius 3 is 1.11 bits per heavy atom. The fourth-order valence-corrected chi connectivity index (χ4v) is 27.7. The van der Waals surface area contributed by atoms with E-state index >= 15 is 0 Å². The van der Waals surface area contributed by atoms with Gasteiger partial charge in [-0.25, -0.2) is 50.5 Å². The maximum Gasteiger partial charge on any atom is 0.289 e. The molecule has 7 aliphatic heterocycles. The second-order valence-corrected chi connectivity index (χ2v) is 48.3. The number of aromatic hydroxyl groups is 11. The molecule has 39 heteroatoms. The molecule has 150 heavy (non-hydrogen) atoms. The lowest BCUT2D eigenvalue weighted by Gasteiger charge is -2.25. The van der Waals surface area contributed by atoms with Gasteiger partial charge in [0.05, 0.1) is 35.1 Å². The van der Waals surface area contributed by atoms with E-state index in [9.17, 15) is 117 Å². The van der Waals surface area contributed by atoms with Crippen molar-refractivity contribution in [2.45, 2.75) is 147 Å². The summed E-state index contributed by atoms with van der Waals surface area (Å²) in [5.74, 6) is -1.71. The van der Waals surface area contributed by atoms with Crippen LogP contribution in [0.5, 0.6) is 63.2 Å². The van der Waals surface area contributed by atoms with Gasteiger partial charge in [-0.2, -0.15) is 21.5 Å². The smallest absolute Gasteiger partial charge is 0.289 e. The summed E-state index contributed by atoms with van der Waals surface area (Å²) in [5.41, 5.74) is 21.8. The number of hydrogen-bond acceptors (Lipinski definition) is 27.